The van der Waals surface area contributed by atoms with Crippen LogP contribution in [0, 0.1) is 17.6 Å². The van der Waals surface area contributed by atoms with E-state index in [1.807, 2.05) is 6.92 Å². The predicted octanol–water partition coefficient (Wildman–Crippen LogP) is 3.43. The van der Waals surface area contributed by atoms with E-state index >= 15 is 0 Å². The van der Waals surface area contributed by atoms with Crippen LogP contribution < -0.4 is 0 Å². The maximum Gasteiger partial charge on any atom is 0.146 e. The maximum atomic E-state index is 13.7. The zero-order valence-corrected chi connectivity index (χ0v) is 11.3. The van der Waals surface area contributed by atoms with Crippen LogP contribution in [-0.4, -0.2) is 18.8 Å². The van der Waals surface area contributed by atoms with Crippen molar-refractivity contribution < 1.29 is 18.6 Å². The molecule has 0 saturated heterocycles. The maximum absolute atomic E-state index is 13.7. The van der Waals surface area contributed by atoms with Crippen molar-refractivity contribution in [3.8, 4) is 0 Å². The summed E-state index contributed by atoms with van der Waals surface area (Å²) in [5.41, 5.74) is -0.290. The first-order chi connectivity index (χ1) is 7.97. The van der Waals surface area contributed by atoms with Gasteiger partial charge < -0.3 is 9.84 Å². The minimum Gasteiger partial charge on any atom is -0.388 e. The van der Waals surface area contributed by atoms with Crippen LogP contribution in [0.3, 0.4) is 0 Å². The quantitative estimate of drug-likeness (QED) is 0.844. The smallest absolute Gasteiger partial charge is 0.146 e. The Bertz CT molecular complexity index is 385. The fraction of sp³-hybridized carbons (Fsp3) is 0.500. The molecule has 0 amide bonds. The Balaban J connectivity index is 2.88. The molecule has 1 N–H and O–H groups in total. The molecule has 1 aromatic carbocycles. The van der Waals surface area contributed by atoms with Crippen molar-refractivity contribution in [2.75, 3.05) is 13.7 Å². The SMILES string of the molecule is COCC(C)CC(O)c1c(F)ccc(Br)c1F. The molecule has 0 heterocycles. The Morgan fingerprint density at radius 3 is 2.65 bits per heavy atom. The molecule has 0 aliphatic heterocycles. The van der Waals surface area contributed by atoms with E-state index < -0.39 is 17.7 Å². The summed E-state index contributed by atoms with van der Waals surface area (Å²) in [6.45, 7) is 2.29. The first-order valence-corrected chi connectivity index (χ1v) is 6.07. The number of methoxy groups -OCH3 is 1. The van der Waals surface area contributed by atoms with E-state index in [-0.39, 0.29) is 22.4 Å². The van der Waals surface area contributed by atoms with E-state index in [4.69, 9.17) is 4.74 Å². The summed E-state index contributed by atoms with van der Waals surface area (Å²) < 4.78 is 32.2. The van der Waals surface area contributed by atoms with Gasteiger partial charge in [-0.2, -0.15) is 0 Å². The molecule has 0 bridgehead atoms. The van der Waals surface area contributed by atoms with Crippen LogP contribution in [0.5, 0.6) is 0 Å². The minimum atomic E-state index is -1.17. The van der Waals surface area contributed by atoms with Gasteiger partial charge in [0.2, 0.25) is 0 Å². The molecule has 0 aliphatic rings. The Kier molecular flexibility index (Phi) is 5.49. The number of aliphatic hydroxyl groups excluding tert-OH is 1. The Morgan fingerprint density at radius 2 is 2.06 bits per heavy atom. The molecule has 0 aliphatic carbocycles. The van der Waals surface area contributed by atoms with Crippen molar-refractivity contribution in [2.24, 2.45) is 5.92 Å². The van der Waals surface area contributed by atoms with Crippen LogP contribution in [0.25, 0.3) is 0 Å². The standard InChI is InChI=1S/C12H15BrF2O2/c1-7(6-17-2)5-10(16)11-9(14)4-3-8(13)12(11)15/h3-4,7,10,16H,5-6H2,1-2H3. The van der Waals surface area contributed by atoms with Gasteiger partial charge in [-0.1, -0.05) is 6.92 Å². The molecular weight excluding hydrogens is 294 g/mol. The summed E-state index contributed by atoms with van der Waals surface area (Å²) >= 11 is 2.97. The Morgan fingerprint density at radius 1 is 1.41 bits per heavy atom. The zero-order valence-electron chi connectivity index (χ0n) is 9.71. The van der Waals surface area contributed by atoms with Crippen molar-refractivity contribution in [1.29, 1.82) is 0 Å². The van der Waals surface area contributed by atoms with Gasteiger partial charge in [-0.05, 0) is 40.4 Å². The van der Waals surface area contributed by atoms with Crippen LogP contribution in [0.15, 0.2) is 16.6 Å². The van der Waals surface area contributed by atoms with Gasteiger partial charge in [0.05, 0.1) is 16.1 Å². The first-order valence-electron chi connectivity index (χ1n) is 5.27. The van der Waals surface area contributed by atoms with Crippen molar-refractivity contribution in [1.82, 2.24) is 0 Å². The number of hydrogen-bond donors (Lipinski definition) is 1. The molecule has 0 saturated carbocycles. The van der Waals surface area contributed by atoms with Gasteiger partial charge in [0, 0.05) is 13.7 Å². The highest BCUT2D eigenvalue weighted by molar-refractivity contribution is 9.10. The van der Waals surface area contributed by atoms with Gasteiger partial charge in [-0.3, -0.25) is 0 Å². The number of aliphatic hydroxyl groups is 1. The summed E-state index contributed by atoms with van der Waals surface area (Å²) in [5, 5.41) is 9.85. The molecule has 1 aromatic rings. The molecular formula is C12H15BrF2O2. The van der Waals surface area contributed by atoms with Crippen molar-refractivity contribution in [2.45, 2.75) is 19.4 Å². The van der Waals surface area contributed by atoms with Crippen molar-refractivity contribution in [3.63, 3.8) is 0 Å². The summed E-state index contributed by atoms with van der Waals surface area (Å²) in [7, 11) is 1.54. The lowest BCUT2D eigenvalue weighted by atomic mass is 9.98. The molecule has 0 fully saturated rings. The molecule has 2 unspecified atom stereocenters. The second kappa shape index (κ2) is 6.42. The van der Waals surface area contributed by atoms with Gasteiger partial charge in [0.15, 0.2) is 0 Å². The molecule has 5 heteroatoms. The van der Waals surface area contributed by atoms with E-state index in [1.165, 1.54) is 6.07 Å². The topological polar surface area (TPSA) is 29.5 Å². The van der Waals surface area contributed by atoms with Crippen molar-refractivity contribution >= 4 is 15.9 Å². The van der Waals surface area contributed by atoms with Crippen LogP contribution >= 0.6 is 15.9 Å². The van der Waals surface area contributed by atoms with Gasteiger partial charge in [-0.15, -0.1) is 0 Å². The van der Waals surface area contributed by atoms with Gasteiger partial charge in [-0.25, -0.2) is 8.78 Å². The van der Waals surface area contributed by atoms with Crippen LogP contribution in [0.1, 0.15) is 25.0 Å². The van der Waals surface area contributed by atoms with Crippen LogP contribution in [0.4, 0.5) is 8.78 Å². The number of ether oxygens (including phenoxy) is 1. The summed E-state index contributed by atoms with van der Waals surface area (Å²) in [4.78, 5) is 0. The van der Waals surface area contributed by atoms with Gasteiger partial charge in [0.1, 0.15) is 11.6 Å². The average Bonchev–Trinajstić information content (AvgIpc) is 2.24. The fourth-order valence-electron chi connectivity index (χ4n) is 1.70. The minimum absolute atomic E-state index is 0.0211. The lowest BCUT2D eigenvalue weighted by Crippen LogP contribution is -2.12. The number of benzene rings is 1. The third-order valence-electron chi connectivity index (χ3n) is 2.49. The van der Waals surface area contributed by atoms with Gasteiger partial charge in [0.25, 0.3) is 0 Å². The van der Waals surface area contributed by atoms with E-state index in [0.717, 1.165) is 6.07 Å². The summed E-state index contributed by atoms with van der Waals surface area (Å²) in [5.74, 6) is -1.46. The molecule has 1 rings (SSSR count). The van der Waals surface area contributed by atoms with E-state index in [2.05, 4.69) is 15.9 Å². The number of rotatable bonds is 5. The molecule has 0 spiro atoms. The normalized spacial score (nSPS) is 14.7. The average molecular weight is 309 g/mol. The fourth-order valence-corrected chi connectivity index (χ4v) is 2.05. The first kappa shape index (κ1) is 14.5. The number of hydrogen-bond acceptors (Lipinski definition) is 2. The molecule has 2 atom stereocenters. The highest BCUT2D eigenvalue weighted by atomic mass is 79.9. The summed E-state index contributed by atoms with van der Waals surface area (Å²) in [6, 6.07) is 2.41. The molecule has 0 radical (unpaired) electrons. The zero-order chi connectivity index (χ0) is 13.0. The van der Waals surface area contributed by atoms with Crippen molar-refractivity contribution in [3.05, 3.63) is 33.8 Å². The van der Waals surface area contributed by atoms with Crippen LogP contribution in [-0.2, 0) is 4.74 Å². The molecule has 0 aromatic heterocycles. The molecule has 17 heavy (non-hydrogen) atoms. The largest absolute Gasteiger partial charge is 0.388 e. The molecule has 2 nitrogen and oxygen atoms in total. The Hall–Kier alpha value is -0.520. The number of halogens is 3. The monoisotopic (exact) mass is 308 g/mol. The molecule has 96 valence electrons. The van der Waals surface area contributed by atoms with Crippen LogP contribution in [0.2, 0.25) is 0 Å². The highest BCUT2D eigenvalue weighted by Gasteiger charge is 2.21. The second-order valence-electron chi connectivity index (χ2n) is 4.07. The van der Waals surface area contributed by atoms with E-state index in [9.17, 15) is 13.9 Å². The highest BCUT2D eigenvalue weighted by Crippen LogP contribution is 2.30. The van der Waals surface area contributed by atoms with Gasteiger partial charge >= 0.3 is 0 Å². The third kappa shape index (κ3) is 3.72. The lowest BCUT2D eigenvalue weighted by Gasteiger charge is -2.17. The lowest BCUT2D eigenvalue weighted by molar-refractivity contribution is 0.0973. The summed E-state index contributed by atoms with van der Waals surface area (Å²) in [6.07, 6.45) is -0.921. The van der Waals surface area contributed by atoms with E-state index in [0.29, 0.717) is 6.61 Å². The Labute approximate surface area is 108 Å². The van der Waals surface area contributed by atoms with E-state index in [1.54, 1.807) is 7.11 Å². The third-order valence-corrected chi connectivity index (χ3v) is 3.10. The predicted molar refractivity (Wildman–Crippen MR) is 64.7 cm³/mol. The second-order valence-corrected chi connectivity index (χ2v) is 4.92.